The minimum atomic E-state index is 0.491. The minimum absolute atomic E-state index is 0.491. The SMILES string of the molecule is Nc1ccc2cccc(-c3ccc(Cl)cc3Cl)c2n1. The second-order valence-corrected chi connectivity index (χ2v) is 5.08. The van der Waals surface area contributed by atoms with E-state index in [1.807, 2.05) is 36.4 Å². The highest BCUT2D eigenvalue weighted by Crippen LogP contribution is 2.34. The molecule has 0 aliphatic rings. The van der Waals surface area contributed by atoms with Gasteiger partial charge in [-0.05, 0) is 24.3 Å². The number of hydrogen-bond acceptors (Lipinski definition) is 2. The summed E-state index contributed by atoms with van der Waals surface area (Å²) in [7, 11) is 0. The first kappa shape index (κ1) is 12.3. The van der Waals surface area contributed by atoms with Crippen LogP contribution in [0.2, 0.25) is 10.0 Å². The molecule has 4 heteroatoms. The molecule has 0 atom stereocenters. The maximum atomic E-state index is 6.26. The van der Waals surface area contributed by atoms with Gasteiger partial charge in [0.05, 0.1) is 5.52 Å². The Kier molecular flexibility index (Phi) is 3.05. The van der Waals surface area contributed by atoms with Crippen molar-refractivity contribution in [2.75, 3.05) is 5.73 Å². The molecule has 19 heavy (non-hydrogen) atoms. The van der Waals surface area contributed by atoms with Crippen LogP contribution in [0.1, 0.15) is 0 Å². The lowest BCUT2D eigenvalue weighted by molar-refractivity contribution is 1.41. The highest BCUT2D eigenvalue weighted by molar-refractivity contribution is 6.36. The summed E-state index contributed by atoms with van der Waals surface area (Å²) in [5.41, 5.74) is 8.46. The van der Waals surface area contributed by atoms with Crippen LogP contribution in [-0.4, -0.2) is 4.98 Å². The van der Waals surface area contributed by atoms with Gasteiger partial charge in [0.15, 0.2) is 0 Å². The van der Waals surface area contributed by atoms with Gasteiger partial charge in [-0.1, -0.05) is 47.5 Å². The highest BCUT2D eigenvalue weighted by atomic mass is 35.5. The van der Waals surface area contributed by atoms with Gasteiger partial charge >= 0.3 is 0 Å². The van der Waals surface area contributed by atoms with Gasteiger partial charge in [-0.15, -0.1) is 0 Å². The molecular formula is C15H10Cl2N2. The number of nitrogens with two attached hydrogens (primary N) is 1. The number of nitrogen functional groups attached to an aromatic ring is 1. The fourth-order valence-corrected chi connectivity index (χ4v) is 2.60. The molecule has 2 nitrogen and oxygen atoms in total. The Morgan fingerprint density at radius 1 is 0.895 bits per heavy atom. The summed E-state index contributed by atoms with van der Waals surface area (Å²) in [5.74, 6) is 0.491. The Balaban J connectivity index is 2.33. The van der Waals surface area contributed by atoms with E-state index in [2.05, 4.69) is 4.98 Å². The summed E-state index contributed by atoms with van der Waals surface area (Å²) in [4.78, 5) is 4.40. The quantitative estimate of drug-likeness (QED) is 0.699. The van der Waals surface area contributed by atoms with Crippen LogP contribution in [0.4, 0.5) is 5.82 Å². The van der Waals surface area contributed by atoms with Crippen molar-refractivity contribution in [3.63, 3.8) is 0 Å². The van der Waals surface area contributed by atoms with E-state index >= 15 is 0 Å². The number of fused-ring (bicyclic) bond motifs is 1. The first-order valence-electron chi connectivity index (χ1n) is 5.76. The summed E-state index contributed by atoms with van der Waals surface area (Å²) in [6, 6.07) is 15.1. The summed E-state index contributed by atoms with van der Waals surface area (Å²) in [6.45, 7) is 0. The predicted molar refractivity (Wildman–Crippen MR) is 81.6 cm³/mol. The number of hydrogen-bond donors (Lipinski definition) is 1. The van der Waals surface area contributed by atoms with E-state index in [0.29, 0.717) is 15.9 Å². The van der Waals surface area contributed by atoms with E-state index in [-0.39, 0.29) is 0 Å². The van der Waals surface area contributed by atoms with Crippen molar-refractivity contribution in [3.05, 3.63) is 58.6 Å². The predicted octanol–water partition coefficient (Wildman–Crippen LogP) is 4.79. The molecule has 0 aliphatic carbocycles. The summed E-state index contributed by atoms with van der Waals surface area (Å²) in [5, 5.41) is 2.24. The molecule has 3 rings (SSSR count). The molecule has 0 spiro atoms. The minimum Gasteiger partial charge on any atom is -0.384 e. The molecule has 0 amide bonds. The molecule has 0 fully saturated rings. The fraction of sp³-hybridized carbons (Fsp3) is 0. The maximum absolute atomic E-state index is 6.26. The molecule has 94 valence electrons. The summed E-state index contributed by atoms with van der Waals surface area (Å²) >= 11 is 12.2. The first-order chi connectivity index (χ1) is 9.15. The van der Waals surface area contributed by atoms with Crippen LogP contribution in [-0.2, 0) is 0 Å². The van der Waals surface area contributed by atoms with Crippen LogP contribution in [0.15, 0.2) is 48.5 Å². The van der Waals surface area contributed by atoms with Crippen molar-refractivity contribution < 1.29 is 0 Å². The van der Waals surface area contributed by atoms with Crippen molar-refractivity contribution >= 4 is 39.9 Å². The number of aromatic nitrogens is 1. The van der Waals surface area contributed by atoms with Crippen molar-refractivity contribution in [1.82, 2.24) is 4.98 Å². The molecule has 1 aromatic heterocycles. The van der Waals surface area contributed by atoms with Gasteiger partial charge in [0.1, 0.15) is 5.82 Å². The van der Waals surface area contributed by atoms with Gasteiger partial charge < -0.3 is 5.73 Å². The van der Waals surface area contributed by atoms with Crippen LogP contribution in [0, 0.1) is 0 Å². The molecule has 3 aromatic rings. The first-order valence-corrected chi connectivity index (χ1v) is 6.51. The van der Waals surface area contributed by atoms with Crippen LogP contribution in [0.25, 0.3) is 22.0 Å². The van der Waals surface area contributed by atoms with Crippen molar-refractivity contribution in [1.29, 1.82) is 0 Å². The molecule has 0 radical (unpaired) electrons. The number of para-hydroxylation sites is 1. The highest BCUT2D eigenvalue weighted by Gasteiger charge is 2.09. The summed E-state index contributed by atoms with van der Waals surface area (Å²) in [6.07, 6.45) is 0. The van der Waals surface area contributed by atoms with Gasteiger partial charge in [-0.3, -0.25) is 0 Å². The lowest BCUT2D eigenvalue weighted by atomic mass is 10.0. The standard InChI is InChI=1S/C15H10Cl2N2/c16-10-5-6-11(13(17)8-10)12-3-1-2-9-4-7-14(18)19-15(9)12/h1-8H,(H2,18,19). The molecule has 0 saturated carbocycles. The van der Waals surface area contributed by atoms with E-state index in [1.165, 1.54) is 0 Å². The van der Waals surface area contributed by atoms with Crippen LogP contribution >= 0.6 is 23.2 Å². The Hall–Kier alpha value is -1.77. The zero-order valence-electron chi connectivity index (χ0n) is 9.90. The van der Waals surface area contributed by atoms with Crippen LogP contribution < -0.4 is 5.73 Å². The van der Waals surface area contributed by atoms with Gasteiger partial charge in [-0.25, -0.2) is 4.98 Å². The second-order valence-electron chi connectivity index (χ2n) is 4.24. The van der Waals surface area contributed by atoms with E-state index in [1.54, 1.807) is 12.1 Å². The van der Waals surface area contributed by atoms with E-state index in [4.69, 9.17) is 28.9 Å². The Labute approximate surface area is 120 Å². The second kappa shape index (κ2) is 4.72. The molecule has 0 saturated heterocycles. The smallest absolute Gasteiger partial charge is 0.124 e. The van der Waals surface area contributed by atoms with E-state index in [9.17, 15) is 0 Å². The van der Waals surface area contributed by atoms with Crippen molar-refractivity contribution in [2.24, 2.45) is 0 Å². The summed E-state index contributed by atoms with van der Waals surface area (Å²) < 4.78 is 0. The molecule has 1 heterocycles. The Morgan fingerprint density at radius 2 is 1.74 bits per heavy atom. The monoisotopic (exact) mass is 288 g/mol. The number of halogens is 2. The zero-order valence-corrected chi connectivity index (χ0v) is 11.4. The van der Waals surface area contributed by atoms with Gasteiger partial charge in [-0.2, -0.15) is 0 Å². The zero-order chi connectivity index (χ0) is 13.4. The number of anilines is 1. The maximum Gasteiger partial charge on any atom is 0.124 e. The third-order valence-corrected chi connectivity index (χ3v) is 3.51. The largest absolute Gasteiger partial charge is 0.384 e. The van der Waals surface area contributed by atoms with Crippen molar-refractivity contribution in [2.45, 2.75) is 0 Å². The third-order valence-electron chi connectivity index (χ3n) is 2.96. The van der Waals surface area contributed by atoms with Gasteiger partial charge in [0.2, 0.25) is 0 Å². The van der Waals surface area contributed by atoms with Crippen LogP contribution in [0.5, 0.6) is 0 Å². The van der Waals surface area contributed by atoms with Gasteiger partial charge in [0, 0.05) is 26.6 Å². The number of pyridine rings is 1. The normalized spacial score (nSPS) is 10.8. The molecule has 2 aromatic carbocycles. The topological polar surface area (TPSA) is 38.9 Å². The average Bonchev–Trinajstić information content (AvgIpc) is 2.38. The lowest BCUT2D eigenvalue weighted by Crippen LogP contribution is -1.92. The van der Waals surface area contributed by atoms with E-state index in [0.717, 1.165) is 22.0 Å². The average molecular weight is 289 g/mol. The molecule has 2 N–H and O–H groups in total. The third kappa shape index (κ3) is 2.25. The number of benzene rings is 2. The number of nitrogens with zero attached hydrogens (tertiary/aromatic N) is 1. The molecule has 0 unspecified atom stereocenters. The fourth-order valence-electron chi connectivity index (χ4n) is 2.09. The molecule has 0 bridgehead atoms. The van der Waals surface area contributed by atoms with Gasteiger partial charge in [0.25, 0.3) is 0 Å². The molecular weight excluding hydrogens is 279 g/mol. The molecule has 0 aliphatic heterocycles. The number of rotatable bonds is 1. The van der Waals surface area contributed by atoms with Crippen LogP contribution in [0.3, 0.4) is 0 Å². The Morgan fingerprint density at radius 3 is 2.53 bits per heavy atom. The van der Waals surface area contributed by atoms with Crippen molar-refractivity contribution in [3.8, 4) is 11.1 Å². The lowest BCUT2D eigenvalue weighted by Gasteiger charge is -2.08. The van der Waals surface area contributed by atoms with E-state index < -0.39 is 0 Å². The Bertz CT molecular complexity index is 769.